The Bertz CT molecular complexity index is 559. The van der Waals surface area contributed by atoms with Gasteiger partial charge in [0.25, 0.3) is 0 Å². The molecule has 2 fully saturated rings. The van der Waals surface area contributed by atoms with E-state index in [1.54, 1.807) is 12.1 Å². The van der Waals surface area contributed by atoms with Crippen LogP contribution in [0.25, 0.3) is 0 Å². The Morgan fingerprint density at radius 2 is 1.90 bits per heavy atom. The summed E-state index contributed by atoms with van der Waals surface area (Å²) in [5.74, 6) is -0.343. The second kappa shape index (κ2) is 5.15. The molecule has 1 heterocycles. The molecule has 1 aliphatic heterocycles. The summed E-state index contributed by atoms with van der Waals surface area (Å²) >= 11 is 0. The van der Waals surface area contributed by atoms with Crippen molar-refractivity contribution in [3.63, 3.8) is 0 Å². The van der Waals surface area contributed by atoms with Gasteiger partial charge in [0.2, 0.25) is 5.91 Å². The normalized spacial score (nSPS) is 21.2. The molecule has 1 amide bonds. The van der Waals surface area contributed by atoms with Crippen LogP contribution in [0.2, 0.25) is 0 Å². The van der Waals surface area contributed by atoms with Crippen molar-refractivity contribution in [2.24, 2.45) is 11.8 Å². The van der Waals surface area contributed by atoms with Crippen molar-refractivity contribution in [2.75, 3.05) is 18.4 Å². The van der Waals surface area contributed by atoms with Crippen LogP contribution in [0.4, 0.5) is 5.69 Å². The molecule has 1 unspecified atom stereocenters. The molecule has 1 aliphatic carbocycles. The summed E-state index contributed by atoms with van der Waals surface area (Å²) in [4.78, 5) is 23.4. The van der Waals surface area contributed by atoms with Gasteiger partial charge in [0, 0.05) is 11.6 Å². The van der Waals surface area contributed by atoms with E-state index < -0.39 is 11.4 Å². The van der Waals surface area contributed by atoms with Crippen LogP contribution in [-0.2, 0) is 15.0 Å². The zero-order valence-corrected chi connectivity index (χ0v) is 12.1. The molecule has 0 spiro atoms. The van der Waals surface area contributed by atoms with Crippen molar-refractivity contribution in [3.8, 4) is 0 Å². The van der Waals surface area contributed by atoms with Crippen LogP contribution in [0.3, 0.4) is 0 Å². The number of carboxylic acids is 1. The lowest BCUT2D eigenvalue weighted by molar-refractivity contribution is -0.140. The lowest BCUT2D eigenvalue weighted by Crippen LogP contribution is -2.48. The minimum Gasteiger partial charge on any atom is -0.481 e. The Hall–Kier alpha value is -1.88. The fourth-order valence-corrected chi connectivity index (χ4v) is 2.76. The number of carbonyl (C=O) groups is 2. The molecule has 0 aromatic heterocycles. The van der Waals surface area contributed by atoms with Crippen molar-refractivity contribution in [1.29, 1.82) is 0 Å². The molecule has 3 rings (SSSR count). The summed E-state index contributed by atoms with van der Waals surface area (Å²) in [5.41, 5.74) is 0.862. The predicted octanol–water partition coefficient (Wildman–Crippen LogP) is 1.60. The van der Waals surface area contributed by atoms with Crippen molar-refractivity contribution in [1.82, 2.24) is 5.32 Å². The van der Waals surface area contributed by atoms with Gasteiger partial charge >= 0.3 is 5.97 Å². The summed E-state index contributed by atoms with van der Waals surface area (Å²) < 4.78 is 0. The third-order valence-corrected chi connectivity index (χ3v) is 4.80. The Kier molecular flexibility index (Phi) is 3.45. The third-order valence-electron chi connectivity index (χ3n) is 4.80. The maximum Gasteiger partial charge on any atom is 0.314 e. The lowest BCUT2D eigenvalue weighted by atomic mass is 9.88. The summed E-state index contributed by atoms with van der Waals surface area (Å²) in [7, 11) is 0. The van der Waals surface area contributed by atoms with Gasteiger partial charge in [-0.2, -0.15) is 0 Å². The number of rotatable bonds is 5. The highest BCUT2D eigenvalue weighted by molar-refractivity contribution is 5.93. The van der Waals surface area contributed by atoms with E-state index in [9.17, 15) is 14.7 Å². The first-order chi connectivity index (χ1) is 10.0. The van der Waals surface area contributed by atoms with E-state index in [-0.39, 0.29) is 11.8 Å². The molecule has 1 atom stereocenters. The number of hydrogen-bond donors (Lipinski definition) is 3. The number of carboxylic acid groups (broad SMARTS) is 1. The minimum absolute atomic E-state index is 0.0141. The maximum absolute atomic E-state index is 12.1. The van der Waals surface area contributed by atoms with E-state index in [2.05, 4.69) is 10.6 Å². The van der Waals surface area contributed by atoms with Crippen LogP contribution in [0.1, 0.15) is 25.3 Å². The molecule has 112 valence electrons. The minimum atomic E-state index is -0.759. The molecule has 1 saturated heterocycles. The molecule has 2 aliphatic rings. The molecule has 0 radical (unpaired) electrons. The van der Waals surface area contributed by atoms with E-state index in [1.807, 2.05) is 19.1 Å². The van der Waals surface area contributed by atoms with E-state index in [1.165, 1.54) is 0 Å². The molecular weight excluding hydrogens is 268 g/mol. The van der Waals surface area contributed by atoms with Crippen LogP contribution in [-0.4, -0.2) is 30.1 Å². The summed E-state index contributed by atoms with van der Waals surface area (Å²) in [5, 5.41) is 15.3. The quantitative estimate of drug-likeness (QED) is 0.769. The van der Waals surface area contributed by atoms with Gasteiger partial charge in [0.05, 0.1) is 5.41 Å². The number of amides is 1. The zero-order valence-electron chi connectivity index (χ0n) is 12.1. The molecule has 5 nitrogen and oxygen atoms in total. The van der Waals surface area contributed by atoms with Gasteiger partial charge in [0.1, 0.15) is 0 Å². The Morgan fingerprint density at radius 3 is 2.33 bits per heavy atom. The molecular formula is C16H20N2O3. The second-order valence-electron chi connectivity index (χ2n) is 6.16. The van der Waals surface area contributed by atoms with Crippen LogP contribution < -0.4 is 10.6 Å². The van der Waals surface area contributed by atoms with Crippen LogP contribution >= 0.6 is 0 Å². The average molecular weight is 288 g/mol. The molecule has 5 heteroatoms. The topological polar surface area (TPSA) is 78.4 Å². The maximum atomic E-state index is 12.1. The molecule has 1 aromatic carbocycles. The number of aliphatic carboxylic acids is 1. The first kappa shape index (κ1) is 14.1. The number of anilines is 1. The van der Waals surface area contributed by atoms with E-state index in [0.717, 1.165) is 24.3 Å². The molecule has 1 saturated carbocycles. The van der Waals surface area contributed by atoms with Crippen molar-refractivity contribution in [3.05, 3.63) is 29.8 Å². The van der Waals surface area contributed by atoms with Gasteiger partial charge in [-0.1, -0.05) is 19.1 Å². The van der Waals surface area contributed by atoms with Crippen LogP contribution in [0.15, 0.2) is 24.3 Å². The molecule has 0 bridgehead atoms. The van der Waals surface area contributed by atoms with E-state index >= 15 is 0 Å². The standard InChI is InChI=1S/C16H20N2O3/c1-10(11-8-17-9-11)14(19)18-13-4-2-12(3-5-13)16(6-7-16)15(20)21/h2-5,10-11,17H,6-9H2,1H3,(H,18,19)(H,20,21). The third kappa shape index (κ3) is 2.53. The Balaban J connectivity index is 1.64. The smallest absolute Gasteiger partial charge is 0.314 e. The monoisotopic (exact) mass is 288 g/mol. The first-order valence-electron chi connectivity index (χ1n) is 7.38. The van der Waals surface area contributed by atoms with Crippen molar-refractivity contribution >= 4 is 17.6 Å². The number of carbonyl (C=O) groups excluding carboxylic acids is 1. The van der Waals surface area contributed by atoms with Gasteiger partial charge < -0.3 is 15.7 Å². The van der Waals surface area contributed by atoms with Gasteiger partial charge in [-0.15, -0.1) is 0 Å². The van der Waals surface area contributed by atoms with Crippen LogP contribution in [0.5, 0.6) is 0 Å². The van der Waals surface area contributed by atoms with Crippen molar-refractivity contribution < 1.29 is 14.7 Å². The highest BCUT2D eigenvalue weighted by Crippen LogP contribution is 2.48. The number of benzene rings is 1. The highest BCUT2D eigenvalue weighted by Gasteiger charge is 2.51. The summed E-state index contributed by atoms with van der Waals surface area (Å²) in [6.07, 6.45) is 1.39. The zero-order chi connectivity index (χ0) is 15.0. The van der Waals surface area contributed by atoms with Gasteiger partial charge in [0.15, 0.2) is 0 Å². The first-order valence-corrected chi connectivity index (χ1v) is 7.38. The van der Waals surface area contributed by atoms with Gasteiger partial charge in [-0.25, -0.2) is 0 Å². The molecule has 3 N–H and O–H groups in total. The van der Waals surface area contributed by atoms with Gasteiger partial charge in [-0.05, 0) is 49.5 Å². The van der Waals surface area contributed by atoms with E-state index in [4.69, 9.17) is 0 Å². The van der Waals surface area contributed by atoms with Crippen LogP contribution in [0, 0.1) is 11.8 Å². The van der Waals surface area contributed by atoms with E-state index in [0.29, 0.717) is 18.8 Å². The summed E-state index contributed by atoms with van der Waals surface area (Å²) in [6.45, 7) is 3.74. The SMILES string of the molecule is CC(C(=O)Nc1ccc(C2(C(=O)O)CC2)cc1)C1CNC1. The second-order valence-corrected chi connectivity index (χ2v) is 6.16. The Morgan fingerprint density at radius 1 is 1.29 bits per heavy atom. The van der Waals surface area contributed by atoms with Crippen molar-refractivity contribution in [2.45, 2.75) is 25.2 Å². The number of nitrogens with one attached hydrogen (secondary N) is 2. The summed E-state index contributed by atoms with van der Waals surface area (Å²) in [6, 6.07) is 7.21. The van der Waals surface area contributed by atoms with Gasteiger partial charge in [-0.3, -0.25) is 9.59 Å². The average Bonchev–Trinajstić information content (AvgIpc) is 3.19. The lowest BCUT2D eigenvalue weighted by Gasteiger charge is -2.31. The fourth-order valence-electron chi connectivity index (χ4n) is 2.76. The fraction of sp³-hybridized carbons (Fsp3) is 0.500. The highest BCUT2D eigenvalue weighted by atomic mass is 16.4. The number of hydrogen-bond acceptors (Lipinski definition) is 3. The molecule has 21 heavy (non-hydrogen) atoms. The molecule has 1 aromatic rings. The predicted molar refractivity (Wildman–Crippen MR) is 79.1 cm³/mol. The Labute approximate surface area is 123 Å². The largest absolute Gasteiger partial charge is 0.481 e.